The van der Waals surface area contributed by atoms with Crippen molar-refractivity contribution in [2.45, 2.75) is 6.92 Å². The van der Waals surface area contributed by atoms with Crippen LogP contribution in [0.5, 0.6) is 11.5 Å². The maximum absolute atomic E-state index is 12.2. The molecule has 0 aliphatic rings. The molecule has 0 radical (unpaired) electrons. The predicted octanol–water partition coefficient (Wildman–Crippen LogP) is 4.90. The highest BCUT2D eigenvalue weighted by atomic mass is 16.5. The van der Waals surface area contributed by atoms with Gasteiger partial charge in [0, 0.05) is 0 Å². The predicted molar refractivity (Wildman–Crippen MR) is 128 cm³/mol. The van der Waals surface area contributed by atoms with E-state index >= 15 is 0 Å². The molecule has 0 saturated carbocycles. The van der Waals surface area contributed by atoms with Gasteiger partial charge in [-0.1, -0.05) is 48.0 Å². The second kappa shape index (κ2) is 10.2. The third-order valence-electron chi connectivity index (χ3n) is 4.84. The molecule has 4 aromatic carbocycles. The fourth-order valence-corrected chi connectivity index (χ4v) is 3.18. The van der Waals surface area contributed by atoms with E-state index in [-0.39, 0.29) is 12.5 Å². The van der Waals surface area contributed by atoms with Gasteiger partial charge in [0.2, 0.25) is 0 Å². The van der Waals surface area contributed by atoms with E-state index in [4.69, 9.17) is 9.47 Å². The molecule has 0 bridgehead atoms. The van der Waals surface area contributed by atoms with Crippen LogP contribution in [0.15, 0.2) is 96.1 Å². The van der Waals surface area contributed by atoms with Gasteiger partial charge < -0.3 is 9.47 Å². The van der Waals surface area contributed by atoms with Crippen molar-refractivity contribution in [3.05, 3.63) is 108 Å². The van der Waals surface area contributed by atoms with Gasteiger partial charge in [-0.15, -0.1) is 0 Å². The number of ether oxygens (including phenoxy) is 2. The number of nitrogens with zero attached hydrogens (tertiary/aromatic N) is 1. The number of benzene rings is 4. The van der Waals surface area contributed by atoms with Gasteiger partial charge in [0.25, 0.3) is 5.91 Å². The van der Waals surface area contributed by atoms with E-state index in [1.54, 1.807) is 36.4 Å². The molecule has 1 amide bonds. The quantitative estimate of drug-likeness (QED) is 0.193. The first-order chi connectivity index (χ1) is 16.1. The highest BCUT2D eigenvalue weighted by molar-refractivity contribution is 5.91. The average Bonchev–Trinajstić information content (AvgIpc) is 2.83. The molecule has 4 aromatic rings. The number of hydrogen-bond donors (Lipinski definition) is 1. The molecule has 0 unspecified atom stereocenters. The van der Waals surface area contributed by atoms with E-state index in [9.17, 15) is 9.59 Å². The van der Waals surface area contributed by atoms with Crippen molar-refractivity contribution in [2.24, 2.45) is 5.10 Å². The Hall–Kier alpha value is -4.45. The zero-order chi connectivity index (χ0) is 23.0. The number of amides is 1. The maximum Gasteiger partial charge on any atom is 0.343 e. The van der Waals surface area contributed by atoms with Crippen LogP contribution >= 0.6 is 0 Å². The Kier molecular flexibility index (Phi) is 6.75. The van der Waals surface area contributed by atoms with Gasteiger partial charge in [0.05, 0.1) is 11.8 Å². The van der Waals surface area contributed by atoms with E-state index < -0.39 is 5.97 Å². The van der Waals surface area contributed by atoms with E-state index in [2.05, 4.69) is 10.5 Å². The summed E-state index contributed by atoms with van der Waals surface area (Å²) in [5.74, 6) is 0.247. The van der Waals surface area contributed by atoms with Crippen LogP contribution in [-0.2, 0) is 4.79 Å². The largest absolute Gasteiger partial charge is 0.484 e. The number of aryl methyl sites for hydroxylation is 1. The standard InChI is InChI=1S/C27H22N2O4/c1-19-5-4-8-23(15-19)27(31)33-24-12-9-20(10-13-24)17-28-29-26(30)18-32-25-14-11-21-6-2-3-7-22(21)16-25/h2-17H,18H2,1H3,(H,29,30)/b28-17+. The molecular weight excluding hydrogens is 416 g/mol. The van der Waals surface area contributed by atoms with Crippen LogP contribution in [0.3, 0.4) is 0 Å². The number of rotatable bonds is 7. The molecule has 164 valence electrons. The molecule has 0 spiro atoms. The molecule has 0 saturated heterocycles. The third-order valence-corrected chi connectivity index (χ3v) is 4.84. The van der Waals surface area contributed by atoms with Crippen LogP contribution < -0.4 is 14.9 Å². The first kappa shape index (κ1) is 21.8. The molecule has 6 heteroatoms. The Bertz CT molecular complexity index is 1310. The Balaban J connectivity index is 1.25. The average molecular weight is 438 g/mol. The highest BCUT2D eigenvalue weighted by Gasteiger charge is 2.08. The summed E-state index contributed by atoms with van der Waals surface area (Å²) < 4.78 is 10.9. The lowest BCUT2D eigenvalue weighted by atomic mass is 10.1. The van der Waals surface area contributed by atoms with Gasteiger partial charge in [0.1, 0.15) is 11.5 Å². The first-order valence-electron chi connectivity index (χ1n) is 10.4. The minimum atomic E-state index is -0.418. The van der Waals surface area contributed by atoms with E-state index in [1.807, 2.05) is 61.5 Å². The molecule has 0 aliphatic carbocycles. The van der Waals surface area contributed by atoms with Crippen molar-refractivity contribution < 1.29 is 19.1 Å². The summed E-state index contributed by atoms with van der Waals surface area (Å²) >= 11 is 0. The van der Waals surface area contributed by atoms with Crippen molar-refractivity contribution >= 4 is 28.9 Å². The second-order valence-corrected chi connectivity index (χ2v) is 7.42. The maximum atomic E-state index is 12.2. The summed E-state index contributed by atoms with van der Waals surface area (Å²) in [6.07, 6.45) is 1.50. The Morgan fingerprint density at radius 3 is 2.39 bits per heavy atom. The molecule has 0 aliphatic heterocycles. The lowest BCUT2D eigenvalue weighted by Crippen LogP contribution is -2.24. The zero-order valence-corrected chi connectivity index (χ0v) is 18.0. The molecule has 0 atom stereocenters. The molecule has 1 N–H and O–H groups in total. The van der Waals surface area contributed by atoms with Crippen LogP contribution in [-0.4, -0.2) is 24.7 Å². The van der Waals surface area contributed by atoms with Crippen LogP contribution in [0.1, 0.15) is 21.5 Å². The number of nitrogens with one attached hydrogen (secondary N) is 1. The van der Waals surface area contributed by atoms with Gasteiger partial charge in [0.15, 0.2) is 6.61 Å². The van der Waals surface area contributed by atoms with Gasteiger partial charge in [-0.2, -0.15) is 5.10 Å². The van der Waals surface area contributed by atoms with E-state index in [1.165, 1.54) is 6.21 Å². The van der Waals surface area contributed by atoms with Crippen molar-refractivity contribution in [1.82, 2.24) is 5.43 Å². The second-order valence-electron chi connectivity index (χ2n) is 7.42. The summed E-state index contributed by atoms with van der Waals surface area (Å²) in [4.78, 5) is 24.2. The van der Waals surface area contributed by atoms with Gasteiger partial charge in [-0.05, 0) is 71.8 Å². The lowest BCUT2D eigenvalue weighted by molar-refractivity contribution is -0.123. The number of hydrazone groups is 1. The van der Waals surface area contributed by atoms with E-state index in [0.29, 0.717) is 17.1 Å². The van der Waals surface area contributed by atoms with Gasteiger partial charge in [-0.3, -0.25) is 4.79 Å². The number of carbonyl (C=O) groups excluding carboxylic acids is 2. The Morgan fingerprint density at radius 2 is 1.61 bits per heavy atom. The minimum absolute atomic E-state index is 0.149. The van der Waals surface area contributed by atoms with Crippen molar-refractivity contribution in [1.29, 1.82) is 0 Å². The summed E-state index contributed by atoms with van der Waals surface area (Å²) in [5.41, 5.74) is 4.65. The summed E-state index contributed by atoms with van der Waals surface area (Å²) in [7, 11) is 0. The molecule has 33 heavy (non-hydrogen) atoms. The SMILES string of the molecule is Cc1cccc(C(=O)Oc2ccc(/C=N/NC(=O)COc3ccc4ccccc4c3)cc2)c1. The number of hydrogen-bond acceptors (Lipinski definition) is 5. The van der Waals surface area contributed by atoms with Crippen molar-refractivity contribution in [3.63, 3.8) is 0 Å². The zero-order valence-electron chi connectivity index (χ0n) is 18.0. The van der Waals surface area contributed by atoms with Crippen LogP contribution in [0.25, 0.3) is 10.8 Å². The van der Waals surface area contributed by atoms with Crippen molar-refractivity contribution in [3.8, 4) is 11.5 Å². The number of esters is 1. The topological polar surface area (TPSA) is 77.0 Å². The summed E-state index contributed by atoms with van der Waals surface area (Å²) in [6.45, 7) is 1.77. The smallest absolute Gasteiger partial charge is 0.343 e. The molecule has 0 heterocycles. The Labute approximate surface area is 191 Å². The fraction of sp³-hybridized carbons (Fsp3) is 0.0741. The molecule has 0 fully saturated rings. The minimum Gasteiger partial charge on any atom is -0.484 e. The summed E-state index contributed by atoms with van der Waals surface area (Å²) in [5, 5.41) is 6.09. The van der Waals surface area contributed by atoms with Gasteiger partial charge in [-0.25, -0.2) is 10.2 Å². The number of fused-ring (bicyclic) bond motifs is 1. The van der Waals surface area contributed by atoms with Crippen LogP contribution in [0.2, 0.25) is 0 Å². The van der Waals surface area contributed by atoms with Gasteiger partial charge >= 0.3 is 5.97 Å². The molecule has 4 rings (SSSR count). The van der Waals surface area contributed by atoms with E-state index in [0.717, 1.165) is 21.9 Å². The highest BCUT2D eigenvalue weighted by Crippen LogP contribution is 2.20. The van der Waals surface area contributed by atoms with Crippen LogP contribution in [0.4, 0.5) is 0 Å². The molecule has 6 nitrogen and oxygen atoms in total. The number of carbonyl (C=O) groups is 2. The van der Waals surface area contributed by atoms with Crippen LogP contribution in [0, 0.1) is 6.92 Å². The summed E-state index contributed by atoms with van der Waals surface area (Å²) in [6, 6.07) is 27.6. The Morgan fingerprint density at radius 1 is 0.848 bits per heavy atom. The third kappa shape index (κ3) is 6.04. The lowest BCUT2D eigenvalue weighted by Gasteiger charge is -2.06. The van der Waals surface area contributed by atoms with Crippen molar-refractivity contribution in [2.75, 3.05) is 6.61 Å². The normalized spacial score (nSPS) is 10.8. The fourth-order valence-electron chi connectivity index (χ4n) is 3.18. The molecular formula is C27H22N2O4. The molecule has 0 aromatic heterocycles. The first-order valence-corrected chi connectivity index (χ1v) is 10.4. The monoisotopic (exact) mass is 438 g/mol.